The van der Waals surface area contributed by atoms with Gasteiger partial charge in [0.1, 0.15) is 5.69 Å². The first-order chi connectivity index (χ1) is 13.0. The van der Waals surface area contributed by atoms with E-state index < -0.39 is 10.9 Å². The van der Waals surface area contributed by atoms with E-state index >= 15 is 0 Å². The Balaban J connectivity index is 1.63. The Morgan fingerprint density at radius 2 is 1.67 bits per heavy atom. The summed E-state index contributed by atoms with van der Waals surface area (Å²) in [4.78, 5) is 32.6. The normalized spacial score (nSPS) is 14.3. The van der Waals surface area contributed by atoms with Crippen LogP contribution in [0.5, 0.6) is 0 Å². The number of nitrogens with one attached hydrogen (secondary N) is 1. The molecule has 2 aromatic rings. The van der Waals surface area contributed by atoms with Crippen LogP contribution >= 0.6 is 0 Å². The molecule has 1 N–H and O–H groups in total. The van der Waals surface area contributed by atoms with E-state index in [9.17, 15) is 18.0 Å². The molecule has 2 amide bonds. The van der Waals surface area contributed by atoms with Crippen molar-refractivity contribution in [3.8, 4) is 0 Å². The summed E-state index contributed by atoms with van der Waals surface area (Å²) in [5.74, 6) is -0.276. The van der Waals surface area contributed by atoms with Gasteiger partial charge in [0.25, 0.3) is 11.8 Å². The van der Waals surface area contributed by atoms with Crippen molar-refractivity contribution in [1.29, 1.82) is 0 Å². The van der Waals surface area contributed by atoms with Crippen molar-refractivity contribution in [3.05, 3.63) is 59.4 Å². The molecule has 1 aromatic carbocycles. The van der Waals surface area contributed by atoms with Crippen molar-refractivity contribution < 1.29 is 18.0 Å². The van der Waals surface area contributed by atoms with Gasteiger partial charge in [-0.1, -0.05) is 6.07 Å². The van der Waals surface area contributed by atoms with Gasteiger partial charge in [-0.25, -0.2) is 8.42 Å². The zero-order chi connectivity index (χ0) is 19.4. The molecular weight excluding hydrogens is 368 g/mol. The maximum Gasteiger partial charge on any atom is 0.272 e. The van der Waals surface area contributed by atoms with Crippen LogP contribution in [0, 0.1) is 6.92 Å². The van der Waals surface area contributed by atoms with Crippen molar-refractivity contribution in [2.75, 3.05) is 30.9 Å². The van der Waals surface area contributed by atoms with Gasteiger partial charge in [-0.3, -0.25) is 19.3 Å². The average molecular weight is 388 g/mol. The Kier molecular flexibility index (Phi) is 5.70. The maximum atomic E-state index is 12.7. The number of hydrogen-bond donors (Lipinski definition) is 2. The second kappa shape index (κ2) is 8.17. The molecule has 1 fully saturated rings. The zero-order valence-electron chi connectivity index (χ0n) is 14.8. The van der Waals surface area contributed by atoms with Crippen LogP contribution in [0.25, 0.3) is 0 Å². The van der Waals surface area contributed by atoms with Crippen LogP contribution in [0.1, 0.15) is 26.4 Å². The predicted octanol–water partition coefficient (Wildman–Crippen LogP) is 0.927. The lowest BCUT2D eigenvalue weighted by atomic mass is 10.1. The molecule has 0 bridgehead atoms. The summed E-state index contributed by atoms with van der Waals surface area (Å²) in [5.41, 5.74) is 2.01. The zero-order valence-corrected chi connectivity index (χ0v) is 15.7. The number of aryl methyl sites for hydroxylation is 1. The van der Waals surface area contributed by atoms with E-state index in [1.807, 2.05) is 0 Å². The number of piperazine rings is 1. The van der Waals surface area contributed by atoms with Crippen LogP contribution in [-0.4, -0.2) is 61.2 Å². The van der Waals surface area contributed by atoms with Crippen molar-refractivity contribution in [1.82, 2.24) is 14.8 Å². The number of rotatable bonds is 4. The lowest BCUT2D eigenvalue weighted by molar-refractivity contribution is 0.0532. The number of pyridine rings is 1. The van der Waals surface area contributed by atoms with E-state index in [4.69, 9.17) is 0 Å². The van der Waals surface area contributed by atoms with Crippen molar-refractivity contribution >= 4 is 28.4 Å². The van der Waals surface area contributed by atoms with Crippen molar-refractivity contribution in [2.24, 2.45) is 0 Å². The molecule has 1 aromatic heterocycles. The second-order valence-electron chi connectivity index (χ2n) is 6.20. The molecule has 1 aliphatic rings. The molecule has 3 rings (SSSR count). The molecule has 0 radical (unpaired) electrons. The summed E-state index contributed by atoms with van der Waals surface area (Å²) in [6, 6.07) is 10.0. The Bertz CT molecular complexity index is 914. The first kappa shape index (κ1) is 18.8. The highest BCUT2D eigenvalue weighted by atomic mass is 32.2. The fraction of sp³-hybridized carbons (Fsp3) is 0.278. The first-order valence-electron chi connectivity index (χ1n) is 8.47. The third-order valence-corrected chi connectivity index (χ3v) is 4.85. The molecule has 1 aliphatic heterocycles. The minimum atomic E-state index is -2.75. The first-order valence-corrected chi connectivity index (χ1v) is 9.65. The molecule has 0 saturated carbocycles. The Morgan fingerprint density at radius 1 is 1.00 bits per heavy atom. The van der Waals surface area contributed by atoms with Crippen LogP contribution in [0.4, 0.5) is 5.69 Å². The smallest absolute Gasteiger partial charge is 0.272 e. The molecule has 0 unspecified atom stereocenters. The number of benzene rings is 1. The highest BCUT2D eigenvalue weighted by Gasteiger charge is 2.26. The number of aromatic nitrogens is 1. The van der Waals surface area contributed by atoms with Gasteiger partial charge in [-0.15, -0.1) is 0 Å². The van der Waals surface area contributed by atoms with Crippen LogP contribution in [-0.2, 0) is 10.9 Å². The topological polar surface area (TPSA) is 99.7 Å². The van der Waals surface area contributed by atoms with Gasteiger partial charge >= 0.3 is 0 Å². The van der Waals surface area contributed by atoms with Gasteiger partial charge in [-0.2, -0.15) is 0 Å². The average Bonchev–Trinajstić information content (AvgIpc) is 2.69. The van der Waals surface area contributed by atoms with Gasteiger partial charge in [0, 0.05) is 37.9 Å². The summed E-state index contributed by atoms with van der Waals surface area (Å²) in [7, 11) is -2.75. The number of carbonyl (C=O) groups excluding carboxylic acids is 2. The van der Waals surface area contributed by atoms with Crippen LogP contribution < -0.4 is 4.72 Å². The van der Waals surface area contributed by atoms with Crippen molar-refractivity contribution in [2.45, 2.75) is 6.92 Å². The second-order valence-corrected chi connectivity index (χ2v) is 6.94. The number of amides is 2. The molecular formula is C18H20N4O4S. The third kappa shape index (κ3) is 4.43. The SMILES string of the molecule is Cc1cc(C(=O)N2CCN(C(=O)c3ccccn3)CC2)ccc1N[SH](=O)=O. The van der Waals surface area contributed by atoms with E-state index in [0.717, 1.165) is 0 Å². The lowest BCUT2D eigenvalue weighted by Gasteiger charge is -2.34. The monoisotopic (exact) mass is 388 g/mol. The predicted molar refractivity (Wildman–Crippen MR) is 101 cm³/mol. The van der Waals surface area contributed by atoms with E-state index in [-0.39, 0.29) is 11.8 Å². The molecule has 0 atom stereocenters. The number of hydrogen-bond acceptors (Lipinski definition) is 5. The Labute approximate surface area is 158 Å². The number of nitrogens with zero attached hydrogens (tertiary/aromatic N) is 3. The molecule has 142 valence electrons. The van der Waals surface area contributed by atoms with E-state index in [1.165, 1.54) is 0 Å². The van der Waals surface area contributed by atoms with E-state index in [0.29, 0.717) is 48.7 Å². The summed E-state index contributed by atoms with van der Waals surface area (Å²) in [6.45, 7) is 3.49. The molecule has 8 nitrogen and oxygen atoms in total. The van der Waals surface area contributed by atoms with Crippen LogP contribution in [0.15, 0.2) is 42.6 Å². The number of carbonyl (C=O) groups is 2. The van der Waals surface area contributed by atoms with Gasteiger partial charge in [0.2, 0.25) is 10.9 Å². The summed E-state index contributed by atoms with van der Waals surface area (Å²) in [6.07, 6.45) is 1.58. The van der Waals surface area contributed by atoms with E-state index in [2.05, 4.69) is 9.71 Å². The third-order valence-electron chi connectivity index (χ3n) is 4.42. The minimum absolute atomic E-state index is 0.138. The van der Waals surface area contributed by atoms with Crippen LogP contribution in [0.3, 0.4) is 0 Å². The summed E-state index contributed by atoms with van der Waals surface area (Å²) in [5, 5.41) is 0. The maximum absolute atomic E-state index is 12.7. The Hall–Kier alpha value is -2.94. The standard InChI is InChI=1S/C18H20N4O4S/c1-13-12-14(5-6-15(13)20-27(25)26)17(23)21-8-10-22(11-9-21)18(24)16-4-2-3-7-19-16/h2-7,12,27H,8-11H2,1H3,(H,20,25,26). The summed E-state index contributed by atoms with van der Waals surface area (Å²) < 4.78 is 23.9. The molecule has 1 saturated heterocycles. The van der Waals surface area contributed by atoms with Crippen molar-refractivity contribution in [3.63, 3.8) is 0 Å². The molecule has 0 spiro atoms. The summed E-state index contributed by atoms with van der Waals surface area (Å²) >= 11 is 0. The highest BCUT2D eigenvalue weighted by molar-refractivity contribution is 7.73. The molecule has 0 aliphatic carbocycles. The van der Waals surface area contributed by atoms with E-state index in [1.54, 1.807) is 59.3 Å². The van der Waals surface area contributed by atoms with Gasteiger partial charge in [-0.05, 0) is 42.8 Å². The largest absolute Gasteiger partial charge is 0.335 e. The van der Waals surface area contributed by atoms with Gasteiger partial charge in [0.05, 0.1) is 5.69 Å². The minimum Gasteiger partial charge on any atom is -0.335 e. The highest BCUT2D eigenvalue weighted by Crippen LogP contribution is 2.18. The number of thiol groups is 1. The fourth-order valence-electron chi connectivity index (χ4n) is 2.97. The quantitative estimate of drug-likeness (QED) is 0.759. The molecule has 9 heteroatoms. The fourth-order valence-corrected chi connectivity index (χ4v) is 3.41. The molecule has 27 heavy (non-hydrogen) atoms. The van der Waals surface area contributed by atoms with Crippen LogP contribution in [0.2, 0.25) is 0 Å². The van der Waals surface area contributed by atoms with Gasteiger partial charge in [0.15, 0.2) is 0 Å². The lowest BCUT2D eigenvalue weighted by Crippen LogP contribution is -2.50. The number of anilines is 1. The molecule has 2 heterocycles. The van der Waals surface area contributed by atoms with Gasteiger partial charge < -0.3 is 9.80 Å². The Morgan fingerprint density at radius 3 is 2.22 bits per heavy atom.